The summed E-state index contributed by atoms with van der Waals surface area (Å²) in [4.78, 5) is 24.0. The van der Waals surface area contributed by atoms with Gasteiger partial charge in [0.2, 0.25) is 11.8 Å². The molecule has 4 heteroatoms. The molecule has 0 aromatic heterocycles. The highest BCUT2D eigenvalue weighted by atomic mass is 16.2. The first-order chi connectivity index (χ1) is 6.04. The lowest BCUT2D eigenvalue weighted by Gasteiger charge is -2.32. The molecule has 0 spiro atoms. The molecule has 13 heavy (non-hydrogen) atoms. The lowest BCUT2D eigenvalue weighted by Crippen LogP contribution is -2.44. The Bertz CT molecular complexity index is 222. The van der Waals surface area contributed by atoms with Crippen molar-refractivity contribution in [3.05, 3.63) is 0 Å². The highest BCUT2D eigenvalue weighted by Gasteiger charge is 2.37. The van der Waals surface area contributed by atoms with Gasteiger partial charge in [0.1, 0.15) is 5.92 Å². The van der Waals surface area contributed by atoms with Gasteiger partial charge in [-0.2, -0.15) is 0 Å². The summed E-state index contributed by atoms with van der Waals surface area (Å²) in [6, 6.07) is 0. The number of carbonyl (C=O) groups excluding carboxylic acids is 2. The van der Waals surface area contributed by atoms with Gasteiger partial charge in [-0.3, -0.25) is 9.59 Å². The van der Waals surface area contributed by atoms with Crippen LogP contribution in [0.5, 0.6) is 0 Å². The van der Waals surface area contributed by atoms with Crippen LogP contribution in [0, 0.1) is 11.8 Å². The average molecular weight is 184 g/mol. The van der Waals surface area contributed by atoms with Gasteiger partial charge in [-0.15, -0.1) is 0 Å². The van der Waals surface area contributed by atoms with Crippen molar-refractivity contribution in [1.82, 2.24) is 4.90 Å². The molecule has 1 aliphatic carbocycles. The number of primary amides is 1. The minimum absolute atomic E-state index is 0.155. The zero-order valence-electron chi connectivity index (χ0n) is 8.12. The third-order valence-electron chi connectivity index (χ3n) is 2.63. The first kappa shape index (κ1) is 10.0. The van der Waals surface area contributed by atoms with Crippen LogP contribution in [-0.2, 0) is 9.59 Å². The summed E-state index contributed by atoms with van der Waals surface area (Å²) < 4.78 is 0. The fourth-order valence-electron chi connectivity index (χ4n) is 1.61. The van der Waals surface area contributed by atoms with E-state index in [1.54, 1.807) is 14.1 Å². The zero-order valence-corrected chi connectivity index (χ0v) is 8.12. The van der Waals surface area contributed by atoms with Gasteiger partial charge in [0.15, 0.2) is 0 Å². The van der Waals surface area contributed by atoms with Crippen LogP contribution in [-0.4, -0.2) is 30.8 Å². The van der Waals surface area contributed by atoms with Gasteiger partial charge in [-0.1, -0.05) is 6.42 Å². The number of carbonyl (C=O) groups is 2. The molecule has 1 unspecified atom stereocenters. The predicted molar refractivity (Wildman–Crippen MR) is 48.7 cm³/mol. The monoisotopic (exact) mass is 184 g/mol. The molecule has 0 bridgehead atoms. The minimum Gasteiger partial charge on any atom is -0.369 e. The number of hydrogen-bond acceptors (Lipinski definition) is 2. The number of amides is 2. The van der Waals surface area contributed by atoms with Gasteiger partial charge in [-0.25, -0.2) is 0 Å². The summed E-state index contributed by atoms with van der Waals surface area (Å²) in [6.45, 7) is 0. The molecule has 0 radical (unpaired) electrons. The molecule has 1 atom stereocenters. The molecule has 0 saturated heterocycles. The van der Waals surface area contributed by atoms with E-state index in [0.717, 1.165) is 19.3 Å². The van der Waals surface area contributed by atoms with Crippen molar-refractivity contribution in [2.45, 2.75) is 19.3 Å². The molecule has 0 aromatic rings. The normalized spacial score (nSPS) is 18.9. The van der Waals surface area contributed by atoms with E-state index in [0.29, 0.717) is 0 Å². The SMILES string of the molecule is CN(C)C(=O)C(C(N)=O)C1CCC1. The summed E-state index contributed by atoms with van der Waals surface area (Å²) in [5.41, 5.74) is 5.20. The first-order valence-electron chi connectivity index (χ1n) is 4.54. The second kappa shape index (κ2) is 3.77. The van der Waals surface area contributed by atoms with Gasteiger partial charge >= 0.3 is 0 Å². The van der Waals surface area contributed by atoms with Crippen molar-refractivity contribution >= 4 is 11.8 Å². The third kappa shape index (κ3) is 1.99. The van der Waals surface area contributed by atoms with Crippen LogP contribution in [0.25, 0.3) is 0 Å². The predicted octanol–water partition coefficient (Wildman–Crippen LogP) is -0.0238. The number of rotatable bonds is 3. The zero-order chi connectivity index (χ0) is 10.0. The fraction of sp³-hybridized carbons (Fsp3) is 0.778. The van der Waals surface area contributed by atoms with Crippen LogP contribution < -0.4 is 5.73 Å². The van der Waals surface area contributed by atoms with Crippen molar-refractivity contribution in [1.29, 1.82) is 0 Å². The summed E-state index contributed by atoms with van der Waals surface area (Å²) in [6.07, 6.45) is 3.01. The van der Waals surface area contributed by atoms with Crippen LogP contribution in [0.15, 0.2) is 0 Å². The van der Waals surface area contributed by atoms with E-state index >= 15 is 0 Å². The number of nitrogens with zero attached hydrogens (tertiary/aromatic N) is 1. The summed E-state index contributed by atoms with van der Waals surface area (Å²) in [7, 11) is 3.30. The maximum absolute atomic E-state index is 11.5. The van der Waals surface area contributed by atoms with Gasteiger partial charge in [0.05, 0.1) is 0 Å². The van der Waals surface area contributed by atoms with Crippen molar-refractivity contribution in [2.24, 2.45) is 17.6 Å². The fourth-order valence-corrected chi connectivity index (χ4v) is 1.61. The second-order valence-corrected chi connectivity index (χ2v) is 3.80. The molecule has 2 amide bonds. The maximum Gasteiger partial charge on any atom is 0.234 e. The van der Waals surface area contributed by atoms with E-state index in [1.807, 2.05) is 0 Å². The Balaban J connectivity index is 2.66. The molecule has 0 aromatic carbocycles. The van der Waals surface area contributed by atoms with E-state index in [1.165, 1.54) is 4.90 Å². The largest absolute Gasteiger partial charge is 0.369 e. The highest BCUT2D eigenvalue weighted by Crippen LogP contribution is 2.34. The van der Waals surface area contributed by atoms with E-state index in [9.17, 15) is 9.59 Å². The van der Waals surface area contributed by atoms with E-state index < -0.39 is 11.8 Å². The van der Waals surface area contributed by atoms with E-state index in [4.69, 9.17) is 5.73 Å². The van der Waals surface area contributed by atoms with Crippen LogP contribution >= 0.6 is 0 Å². The Morgan fingerprint density at radius 2 is 1.92 bits per heavy atom. The highest BCUT2D eigenvalue weighted by molar-refractivity contribution is 5.99. The molecule has 1 fully saturated rings. The second-order valence-electron chi connectivity index (χ2n) is 3.80. The Morgan fingerprint density at radius 3 is 2.15 bits per heavy atom. The number of nitrogens with two attached hydrogens (primary N) is 1. The van der Waals surface area contributed by atoms with Crippen LogP contribution in [0.1, 0.15) is 19.3 Å². The smallest absolute Gasteiger partial charge is 0.234 e. The molecule has 0 aliphatic heterocycles. The van der Waals surface area contributed by atoms with Crippen molar-refractivity contribution in [3.8, 4) is 0 Å². The van der Waals surface area contributed by atoms with Crippen molar-refractivity contribution < 1.29 is 9.59 Å². The van der Waals surface area contributed by atoms with Crippen LogP contribution in [0.3, 0.4) is 0 Å². The van der Waals surface area contributed by atoms with Gasteiger partial charge in [0.25, 0.3) is 0 Å². The quantitative estimate of drug-likeness (QED) is 0.626. The molecule has 1 saturated carbocycles. The molecule has 0 heterocycles. The topological polar surface area (TPSA) is 63.4 Å². The third-order valence-corrected chi connectivity index (χ3v) is 2.63. The first-order valence-corrected chi connectivity index (χ1v) is 4.54. The average Bonchev–Trinajstić information content (AvgIpc) is 1.94. The molecule has 2 N–H and O–H groups in total. The lowest BCUT2D eigenvalue weighted by atomic mass is 9.75. The van der Waals surface area contributed by atoms with Gasteiger partial charge in [0, 0.05) is 14.1 Å². The van der Waals surface area contributed by atoms with Gasteiger partial charge < -0.3 is 10.6 Å². The summed E-state index contributed by atoms with van der Waals surface area (Å²) >= 11 is 0. The minimum atomic E-state index is -0.594. The van der Waals surface area contributed by atoms with Crippen LogP contribution in [0.2, 0.25) is 0 Å². The molecule has 4 nitrogen and oxygen atoms in total. The Kier molecular flexibility index (Phi) is 2.90. The Morgan fingerprint density at radius 1 is 1.38 bits per heavy atom. The molecule has 1 rings (SSSR count). The number of hydrogen-bond donors (Lipinski definition) is 1. The van der Waals surface area contributed by atoms with Crippen molar-refractivity contribution in [2.75, 3.05) is 14.1 Å². The lowest BCUT2D eigenvalue weighted by molar-refractivity contribution is -0.142. The molecular weight excluding hydrogens is 168 g/mol. The van der Waals surface area contributed by atoms with Crippen LogP contribution in [0.4, 0.5) is 0 Å². The summed E-state index contributed by atoms with van der Waals surface area (Å²) in [5.74, 6) is -1.04. The Hall–Kier alpha value is -1.06. The summed E-state index contributed by atoms with van der Waals surface area (Å²) in [5, 5.41) is 0. The van der Waals surface area contributed by atoms with E-state index in [2.05, 4.69) is 0 Å². The van der Waals surface area contributed by atoms with E-state index in [-0.39, 0.29) is 11.8 Å². The molecular formula is C9H16N2O2. The molecule has 74 valence electrons. The molecule has 1 aliphatic rings. The maximum atomic E-state index is 11.5. The van der Waals surface area contributed by atoms with Gasteiger partial charge in [-0.05, 0) is 18.8 Å². The Labute approximate surface area is 78.1 Å². The standard InChI is InChI=1S/C9H16N2O2/c1-11(2)9(13)7(8(10)12)6-4-3-5-6/h6-7H,3-5H2,1-2H3,(H2,10,12). The van der Waals surface area contributed by atoms with Crippen molar-refractivity contribution in [3.63, 3.8) is 0 Å².